The third-order valence-electron chi connectivity index (χ3n) is 4.26. The second-order valence-corrected chi connectivity index (χ2v) is 6.15. The first-order chi connectivity index (χ1) is 13.0. The van der Waals surface area contributed by atoms with Gasteiger partial charge in [-0.2, -0.15) is 5.10 Å². The van der Waals surface area contributed by atoms with E-state index < -0.39 is 5.97 Å². The van der Waals surface area contributed by atoms with Gasteiger partial charge in [0.15, 0.2) is 6.61 Å². The fraction of sp³-hybridized carbons (Fsp3) is 0.250. The molecule has 0 N–H and O–H groups in total. The van der Waals surface area contributed by atoms with Gasteiger partial charge < -0.3 is 13.7 Å². The number of hydrogen-bond donors (Lipinski definition) is 0. The molecule has 0 saturated carbocycles. The Balaban J connectivity index is 1.60. The first kappa shape index (κ1) is 18.4. The lowest BCUT2D eigenvalue weighted by molar-refractivity contribution is 0.0442. The summed E-state index contributed by atoms with van der Waals surface area (Å²) in [5.41, 5.74) is 2.32. The number of aromatic nitrogens is 3. The molecule has 7 heteroatoms. The minimum absolute atomic E-state index is 0.0575. The summed E-state index contributed by atoms with van der Waals surface area (Å²) in [5, 5.41) is 4.08. The van der Waals surface area contributed by atoms with Crippen molar-refractivity contribution >= 4 is 11.8 Å². The molecule has 0 spiro atoms. The molecule has 27 heavy (non-hydrogen) atoms. The van der Waals surface area contributed by atoms with Crippen molar-refractivity contribution in [1.29, 1.82) is 0 Å². The van der Waals surface area contributed by atoms with Gasteiger partial charge in [0.2, 0.25) is 11.5 Å². The van der Waals surface area contributed by atoms with E-state index in [1.807, 2.05) is 18.4 Å². The van der Waals surface area contributed by atoms with Crippen LogP contribution in [-0.4, -0.2) is 32.7 Å². The minimum atomic E-state index is -0.671. The highest BCUT2D eigenvalue weighted by atomic mass is 16.5. The molecule has 140 valence electrons. The zero-order valence-corrected chi connectivity index (χ0v) is 15.3. The molecule has 0 atom stereocenters. The monoisotopic (exact) mass is 367 g/mol. The summed E-state index contributed by atoms with van der Waals surface area (Å²) in [7, 11) is 0. The highest BCUT2D eigenvalue weighted by Crippen LogP contribution is 2.17. The van der Waals surface area contributed by atoms with Crippen molar-refractivity contribution in [2.24, 2.45) is 0 Å². The number of rotatable bonds is 8. The number of ether oxygens (including phenoxy) is 1. The third-order valence-corrected chi connectivity index (χ3v) is 4.26. The van der Waals surface area contributed by atoms with Gasteiger partial charge in [0, 0.05) is 35.9 Å². The molecule has 0 aliphatic carbocycles. The largest absolute Gasteiger partial charge is 0.452 e. The van der Waals surface area contributed by atoms with Crippen LogP contribution in [0.4, 0.5) is 0 Å². The predicted molar refractivity (Wildman–Crippen MR) is 98.8 cm³/mol. The number of Topliss-reactive ketones (excluding diaryl/α,β-unsaturated/α-hetero) is 1. The molecule has 3 heterocycles. The van der Waals surface area contributed by atoms with Crippen LogP contribution in [-0.2, 0) is 17.8 Å². The molecular weight excluding hydrogens is 346 g/mol. The fourth-order valence-corrected chi connectivity index (χ4v) is 2.90. The lowest BCUT2D eigenvalue weighted by atomic mass is 10.1. The van der Waals surface area contributed by atoms with Crippen LogP contribution >= 0.6 is 0 Å². The number of ketones is 1. The number of aryl methyl sites for hydroxylation is 1. The number of esters is 1. The van der Waals surface area contributed by atoms with Crippen molar-refractivity contribution in [3.8, 4) is 0 Å². The Morgan fingerprint density at radius 1 is 1.33 bits per heavy atom. The minimum Gasteiger partial charge on any atom is -0.452 e. The van der Waals surface area contributed by atoms with Crippen LogP contribution in [0.3, 0.4) is 0 Å². The van der Waals surface area contributed by atoms with Crippen LogP contribution in [0.5, 0.6) is 0 Å². The number of carbonyl (C=O) groups excluding carboxylic acids is 2. The molecule has 0 saturated heterocycles. The average Bonchev–Trinajstić information content (AvgIpc) is 3.38. The van der Waals surface area contributed by atoms with E-state index in [0.717, 1.165) is 11.4 Å². The summed E-state index contributed by atoms with van der Waals surface area (Å²) in [4.78, 5) is 24.6. The maximum absolute atomic E-state index is 12.4. The lowest BCUT2D eigenvalue weighted by Crippen LogP contribution is -2.14. The van der Waals surface area contributed by atoms with Gasteiger partial charge in [0.05, 0.1) is 6.54 Å². The zero-order chi connectivity index (χ0) is 19.4. The summed E-state index contributed by atoms with van der Waals surface area (Å²) >= 11 is 0. The summed E-state index contributed by atoms with van der Waals surface area (Å²) in [6, 6.07) is 6.81. The number of furan rings is 1. The molecule has 0 aliphatic heterocycles. The van der Waals surface area contributed by atoms with Gasteiger partial charge >= 0.3 is 5.97 Å². The van der Waals surface area contributed by atoms with Gasteiger partial charge in [-0.3, -0.25) is 9.48 Å². The Kier molecular flexibility index (Phi) is 5.40. The smallest absolute Gasteiger partial charge is 0.374 e. The van der Waals surface area contributed by atoms with E-state index in [0.29, 0.717) is 24.4 Å². The third kappa shape index (κ3) is 4.08. The Hall–Kier alpha value is -3.35. The van der Waals surface area contributed by atoms with E-state index in [4.69, 9.17) is 9.15 Å². The van der Waals surface area contributed by atoms with E-state index >= 15 is 0 Å². The van der Waals surface area contributed by atoms with Gasteiger partial charge in [0.1, 0.15) is 5.76 Å². The van der Waals surface area contributed by atoms with Gasteiger partial charge in [0.25, 0.3) is 0 Å². The molecule has 0 aromatic carbocycles. The molecule has 3 aromatic heterocycles. The van der Waals surface area contributed by atoms with Crippen molar-refractivity contribution in [2.75, 3.05) is 6.61 Å². The number of carbonyl (C=O) groups is 2. The molecule has 0 bridgehead atoms. The molecule has 0 amide bonds. The number of hydrogen-bond acceptors (Lipinski definition) is 5. The first-order valence-corrected chi connectivity index (χ1v) is 8.53. The lowest BCUT2D eigenvalue weighted by Gasteiger charge is -2.06. The van der Waals surface area contributed by atoms with Gasteiger partial charge in [-0.1, -0.05) is 6.08 Å². The van der Waals surface area contributed by atoms with E-state index in [2.05, 4.69) is 11.7 Å². The highest BCUT2D eigenvalue weighted by molar-refractivity contribution is 6.00. The number of nitrogens with zero attached hydrogens (tertiary/aromatic N) is 3. The second-order valence-electron chi connectivity index (χ2n) is 6.15. The van der Waals surface area contributed by atoms with E-state index in [9.17, 15) is 9.59 Å². The van der Waals surface area contributed by atoms with Gasteiger partial charge in [-0.25, -0.2) is 4.79 Å². The van der Waals surface area contributed by atoms with Crippen molar-refractivity contribution < 1.29 is 18.7 Å². The van der Waals surface area contributed by atoms with Crippen molar-refractivity contribution in [2.45, 2.75) is 26.9 Å². The quantitative estimate of drug-likeness (QED) is 0.347. The average molecular weight is 367 g/mol. The van der Waals surface area contributed by atoms with E-state index in [-0.39, 0.29) is 18.2 Å². The Morgan fingerprint density at radius 2 is 2.15 bits per heavy atom. The van der Waals surface area contributed by atoms with Crippen molar-refractivity contribution in [3.63, 3.8) is 0 Å². The Morgan fingerprint density at radius 3 is 2.85 bits per heavy atom. The topological polar surface area (TPSA) is 79.3 Å². The molecule has 0 radical (unpaired) electrons. The van der Waals surface area contributed by atoms with Gasteiger partial charge in [-0.05, 0) is 38.1 Å². The Labute approximate surface area is 156 Å². The Bertz CT molecular complexity index is 964. The molecule has 0 fully saturated rings. The molecule has 0 unspecified atom stereocenters. The summed E-state index contributed by atoms with van der Waals surface area (Å²) in [6.07, 6.45) is 5.23. The standard InChI is InChI=1S/C20H21N3O4/c1-4-9-23-14(2)11-17(15(23)3)18(24)13-26-20(25)19-7-6-16(27-19)12-22-10-5-8-21-22/h4-8,10-11H,1,9,12-13H2,2-3H3. The molecule has 0 aliphatic rings. The summed E-state index contributed by atoms with van der Waals surface area (Å²) in [6.45, 7) is 8.19. The normalized spacial score (nSPS) is 10.7. The summed E-state index contributed by atoms with van der Waals surface area (Å²) in [5.74, 6) is -0.294. The molecule has 7 nitrogen and oxygen atoms in total. The fourth-order valence-electron chi connectivity index (χ4n) is 2.90. The molecule has 3 aromatic rings. The van der Waals surface area contributed by atoms with E-state index in [1.165, 1.54) is 6.07 Å². The summed E-state index contributed by atoms with van der Waals surface area (Å²) < 4.78 is 14.3. The van der Waals surface area contributed by atoms with Gasteiger partial charge in [-0.15, -0.1) is 6.58 Å². The van der Waals surface area contributed by atoms with Crippen LogP contribution in [0, 0.1) is 13.8 Å². The number of allylic oxidation sites excluding steroid dienone is 1. The second kappa shape index (κ2) is 7.90. The van der Waals surface area contributed by atoms with E-state index in [1.54, 1.807) is 41.4 Å². The van der Waals surface area contributed by atoms with Crippen molar-refractivity contribution in [3.05, 3.63) is 77.8 Å². The van der Waals surface area contributed by atoms with Crippen LogP contribution in [0.1, 0.15) is 38.1 Å². The molecular formula is C20H21N3O4. The molecule has 3 rings (SSSR count). The van der Waals surface area contributed by atoms with Crippen LogP contribution < -0.4 is 0 Å². The highest BCUT2D eigenvalue weighted by Gasteiger charge is 2.19. The van der Waals surface area contributed by atoms with Crippen LogP contribution in [0.25, 0.3) is 0 Å². The van der Waals surface area contributed by atoms with Crippen molar-refractivity contribution in [1.82, 2.24) is 14.3 Å². The van der Waals surface area contributed by atoms with Crippen LogP contribution in [0.15, 0.2) is 53.7 Å². The maximum Gasteiger partial charge on any atom is 0.374 e. The SMILES string of the molecule is C=CCn1c(C)cc(C(=O)COC(=O)c2ccc(Cn3cccn3)o2)c1C. The van der Waals surface area contributed by atoms with Crippen LogP contribution in [0.2, 0.25) is 0 Å². The first-order valence-electron chi connectivity index (χ1n) is 8.53. The zero-order valence-electron chi connectivity index (χ0n) is 15.3. The maximum atomic E-state index is 12.4. The predicted octanol–water partition coefficient (Wildman–Crippen LogP) is 3.17.